The van der Waals surface area contributed by atoms with E-state index in [1.54, 1.807) is 0 Å². The molecule has 1 aromatic rings. The van der Waals surface area contributed by atoms with Crippen molar-refractivity contribution in [2.75, 3.05) is 13.2 Å². The predicted molar refractivity (Wildman–Crippen MR) is 72.9 cm³/mol. The molecule has 0 aliphatic heterocycles. The normalized spacial score (nSPS) is 25.3. The average Bonchev–Trinajstić information content (AvgIpc) is 2.41. The van der Waals surface area contributed by atoms with Crippen LogP contribution in [0.3, 0.4) is 0 Å². The Morgan fingerprint density at radius 1 is 1.30 bits per heavy atom. The van der Waals surface area contributed by atoms with E-state index in [1.807, 2.05) is 6.92 Å². The maximum absolute atomic E-state index is 13.6. The first-order valence-electron chi connectivity index (χ1n) is 7.12. The second-order valence-corrected chi connectivity index (χ2v) is 4.95. The summed E-state index contributed by atoms with van der Waals surface area (Å²) in [6.45, 7) is 5.53. The molecule has 1 N–H and O–H groups in total. The zero-order valence-electron chi connectivity index (χ0n) is 11.9. The van der Waals surface area contributed by atoms with Crippen molar-refractivity contribution in [2.24, 2.45) is 0 Å². The van der Waals surface area contributed by atoms with Crippen molar-refractivity contribution in [3.05, 3.63) is 29.8 Å². The van der Waals surface area contributed by atoms with Crippen molar-refractivity contribution in [3.8, 4) is 5.75 Å². The quantitative estimate of drug-likeness (QED) is 0.835. The van der Waals surface area contributed by atoms with Gasteiger partial charge in [-0.15, -0.1) is 0 Å². The lowest BCUT2D eigenvalue weighted by atomic mass is 9.85. The fourth-order valence-electron chi connectivity index (χ4n) is 2.38. The number of halogens is 2. The molecule has 0 amide bonds. The number of ether oxygens (including phenoxy) is 2. The SMILES string of the molecule is CCCNC1CC(Oc2ccc(F)cc2F)C1OCC. The van der Waals surface area contributed by atoms with Crippen molar-refractivity contribution >= 4 is 0 Å². The summed E-state index contributed by atoms with van der Waals surface area (Å²) >= 11 is 0. The molecule has 1 aliphatic carbocycles. The first kappa shape index (κ1) is 15.2. The molecular weight excluding hydrogens is 264 g/mol. The molecular formula is C15H21F2NO2. The fraction of sp³-hybridized carbons (Fsp3) is 0.600. The third-order valence-electron chi connectivity index (χ3n) is 3.44. The smallest absolute Gasteiger partial charge is 0.167 e. The number of hydrogen-bond donors (Lipinski definition) is 1. The van der Waals surface area contributed by atoms with Gasteiger partial charge in [0.25, 0.3) is 0 Å². The maximum Gasteiger partial charge on any atom is 0.167 e. The molecule has 112 valence electrons. The molecule has 0 bridgehead atoms. The second kappa shape index (κ2) is 6.99. The first-order valence-corrected chi connectivity index (χ1v) is 7.12. The first-order chi connectivity index (χ1) is 9.65. The van der Waals surface area contributed by atoms with E-state index >= 15 is 0 Å². The molecule has 1 aliphatic rings. The summed E-state index contributed by atoms with van der Waals surface area (Å²) in [7, 11) is 0. The van der Waals surface area contributed by atoms with E-state index in [4.69, 9.17) is 9.47 Å². The molecule has 1 saturated carbocycles. The monoisotopic (exact) mass is 285 g/mol. The summed E-state index contributed by atoms with van der Waals surface area (Å²) < 4.78 is 37.7. The van der Waals surface area contributed by atoms with Gasteiger partial charge in [0, 0.05) is 25.1 Å². The van der Waals surface area contributed by atoms with Gasteiger partial charge in [0.15, 0.2) is 11.6 Å². The Bertz CT molecular complexity index is 442. The lowest BCUT2D eigenvalue weighted by Crippen LogP contribution is -2.61. The number of hydrogen-bond acceptors (Lipinski definition) is 3. The fourth-order valence-corrected chi connectivity index (χ4v) is 2.38. The van der Waals surface area contributed by atoms with E-state index in [1.165, 1.54) is 12.1 Å². The van der Waals surface area contributed by atoms with E-state index < -0.39 is 11.6 Å². The highest BCUT2D eigenvalue weighted by atomic mass is 19.1. The summed E-state index contributed by atoms with van der Waals surface area (Å²) in [6.07, 6.45) is 1.54. The van der Waals surface area contributed by atoms with Crippen molar-refractivity contribution < 1.29 is 18.3 Å². The van der Waals surface area contributed by atoms with Gasteiger partial charge < -0.3 is 14.8 Å². The van der Waals surface area contributed by atoms with Crippen LogP contribution in [0.5, 0.6) is 5.75 Å². The van der Waals surface area contributed by atoms with Gasteiger partial charge in [0.2, 0.25) is 0 Å². The highest BCUT2D eigenvalue weighted by Gasteiger charge is 2.43. The highest BCUT2D eigenvalue weighted by Crippen LogP contribution is 2.30. The Morgan fingerprint density at radius 3 is 2.75 bits per heavy atom. The Morgan fingerprint density at radius 2 is 2.10 bits per heavy atom. The Kier molecular flexibility index (Phi) is 5.31. The minimum Gasteiger partial charge on any atom is -0.485 e. The molecule has 0 radical (unpaired) electrons. The summed E-state index contributed by atoms with van der Waals surface area (Å²) in [6, 6.07) is 3.58. The van der Waals surface area contributed by atoms with Gasteiger partial charge in [-0.05, 0) is 32.0 Å². The van der Waals surface area contributed by atoms with Crippen LogP contribution in [-0.4, -0.2) is 31.4 Å². The van der Waals surface area contributed by atoms with Crippen LogP contribution in [0.2, 0.25) is 0 Å². The van der Waals surface area contributed by atoms with Crippen LogP contribution in [0, 0.1) is 11.6 Å². The standard InChI is InChI=1S/C15H21F2NO2/c1-3-7-18-12-9-14(15(12)19-4-2)20-13-6-5-10(16)8-11(13)17/h5-6,8,12,14-15,18H,3-4,7,9H2,1-2H3. The molecule has 2 rings (SSSR count). The van der Waals surface area contributed by atoms with E-state index in [0.29, 0.717) is 6.61 Å². The van der Waals surface area contributed by atoms with Crippen LogP contribution >= 0.6 is 0 Å². The second-order valence-electron chi connectivity index (χ2n) is 4.95. The van der Waals surface area contributed by atoms with Crippen LogP contribution in [0.1, 0.15) is 26.7 Å². The van der Waals surface area contributed by atoms with E-state index in [-0.39, 0.29) is 24.0 Å². The van der Waals surface area contributed by atoms with Crippen molar-refractivity contribution in [1.29, 1.82) is 0 Å². The Hall–Kier alpha value is -1.20. The van der Waals surface area contributed by atoms with Crippen LogP contribution in [0.4, 0.5) is 8.78 Å². The molecule has 0 aromatic heterocycles. The minimum absolute atomic E-state index is 0.0787. The molecule has 0 spiro atoms. The molecule has 3 atom stereocenters. The molecule has 0 heterocycles. The van der Waals surface area contributed by atoms with Crippen LogP contribution in [0.15, 0.2) is 18.2 Å². The van der Waals surface area contributed by atoms with Crippen molar-refractivity contribution in [1.82, 2.24) is 5.32 Å². The molecule has 20 heavy (non-hydrogen) atoms. The average molecular weight is 285 g/mol. The van der Waals surface area contributed by atoms with Crippen LogP contribution < -0.4 is 10.1 Å². The topological polar surface area (TPSA) is 30.5 Å². The molecule has 3 unspecified atom stereocenters. The van der Waals surface area contributed by atoms with Gasteiger partial charge >= 0.3 is 0 Å². The third-order valence-corrected chi connectivity index (χ3v) is 3.44. The lowest BCUT2D eigenvalue weighted by Gasteiger charge is -2.44. The van der Waals surface area contributed by atoms with Gasteiger partial charge in [-0.2, -0.15) is 0 Å². The van der Waals surface area contributed by atoms with E-state index in [9.17, 15) is 8.78 Å². The van der Waals surface area contributed by atoms with Gasteiger partial charge in [-0.1, -0.05) is 6.92 Å². The van der Waals surface area contributed by atoms with Crippen LogP contribution in [-0.2, 0) is 4.74 Å². The highest BCUT2D eigenvalue weighted by molar-refractivity contribution is 5.25. The molecule has 0 saturated heterocycles. The zero-order valence-corrected chi connectivity index (χ0v) is 11.9. The Balaban J connectivity index is 1.95. The molecule has 3 nitrogen and oxygen atoms in total. The largest absolute Gasteiger partial charge is 0.485 e. The molecule has 1 fully saturated rings. The summed E-state index contributed by atoms with van der Waals surface area (Å²) in [5.41, 5.74) is 0. The van der Waals surface area contributed by atoms with Crippen molar-refractivity contribution in [3.63, 3.8) is 0 Å². The van der Waals surface area contributed by atoms with Crippen LogP contribution in [0.25, 0.3) is 0 Å². The van der Waals surface area contributed by atoms with Gasteiger partial charge in [-0.3, -0.25) is 0 Å². The predicted octanol–water partition coefficient (Wildman–Crippen LogP) is 2.89. The van der Waals surface area contributed by atoms with E-state index in [0.717, 1.165) is 25.5 Å². The van der Waals surface area contributed by atoms with Crippen molar-refractivity contribution in [2.45, 2.75) is 44.9 Å². The van der Waals surface area contributed by atoms with E-state index in [2.05, 4.69) is 12.2 Å². The zero-order chi connectivity index (χ0) is 14.5. The maximum atomic E-state index is 13.6. The summed E-state index contributed by atoms with van der Waals surface area (Å²) in [5.74, 6) is -1.20. The Labute approximate surface area is 118 Å². The molecule has 1 aromatic carbocycles. The lowest BCUT2D eigenvalue weighted by molar-refractivity contribution is -0.105. The van der Waals surface area contributed by atoms with Gasteiger partial charge in [-0.25, -0.2) is 8.78 Å². The third kappa shape index (κ3) is 3.46. The van der Waals surface area contributed by atoms with Gasteiger partial charge in [0.1, 0.15) is 18.0 Å². The van der Waals surface area contributed by atoms with Gasteiger partial charge in [0.05, 0.1) is 0 Å². The number of rotatable bonds is 7. The number of nitrogens with one attached hydrogen (secondary N) is 1. The summed E-state index contributed by atoms with van der Waals surface area (Å²) in [5, 5.41) is 3.38. The molecule has 5 heteroatoms. The number of benzene rings is 1. The minimum atomic E-state index is -0.676. The summed E-state index contributed by atoms with van der Waals surface area (Å²) in [4.78, 5) is 0.